The number of pyridine rings is 1. The molecule has 0 bridgehead atoms. The molecule has 0 amide bonds. The summed E-state index contributed by atoms with van der Waals surface area (Å²) in [6, 6.07) is 3.10. The van der Waals surface area contributed by atoms with Crippen LogP contribution in [0.15, 0.2) is 23.5 Å². The number of esters is 1. The molecule has 0 radical (unpaired) electrons. The zero-order chi connectivity index (χ0) is 11.5. The summed E-state index contributed by atoms with van der Waals surface area (Å²) in [7, 11) is 1.33. The molecule has 5 nitrogen and oxygen atoms in total. The van der Waals surface area contributed by atoms with Crippen molar-refractivity contribution in [2.75, 3.05) is 7.11 Å². The number of rotatable bonds is 3. The molecule has 0 saturated heterocycles. The number of nitrogens with zero attached hydrogens (tertiary/aromatic N) is 2. The minimum absolute atomic E-state index is 0.0967. The standard InChI is InChI=1S/C10H12N2O3/c1-10(2,9(13)15-3)7-4-5-8(12-14)11-6-7/h4-6H,1-3H3. The van der Waals surface area contributed by atoms with Crippen molar-refractivity contribution in [2.45, 2.75) is 19.3 Å². The molecule has 1 heterocycles. The van der Waals surface area contributed by atoms with Gasteiger partial charge in [-0.25, -0.2) is 4.98 Å². The third-order valence-electron chi connectivity index (χ3n) is 2.26. The van der Waals surface area contributed by atoms with E-state index < -0.39 is 5.41 Å². The minimum Gasteiger partial charge on any atom is -0.468 e. The Morgan fingerprint density at radius 3 is 2.53 bits per heavy atom. The second kappa shape index (κ2) is 4.16. The van der Waals surface area contributed by atoms with Crippen LogP contribution in [0.4, 0.5) is 5.82 Å². The predicted octanol–water partition coefficient (Wildman–Crippen LogP) is 1.93. The highest BCUT2D eigenvalue weighted by Crippen LogP contribution is 2.24. The summed E-state index contributed by atoms with van der Waals surface area (Å²) in [5.41, 5.74) is -0.0925. The summed E-state index contributed by atoms with van der Waals surface area (Å²) in [6.45, 7) is 3.45. The summed E-state index contributed by atoms with van der Waals surface area (Å²) in [5, 5.41) is 2.68. The van der Waals surface area contributed by atoms with Crippen molar-refractivity contribution in [1.82, 2.24) is 4.98 Å². The molecule has 0 fully saturated rings. The van der Waals surface area contributed by atoms with Gasteiger partial charge in [0.25, 0.3) is 0 Å². The highest BCUT2D eigenvalue weighted by molar-refractivity contribution is 5.81. The van der Waals surface area contributed by atoms with Crippen LogP contribution in [0.2, 0.25) is 0 Å². The zero-order valence-corrected chi connectivity index (χ0v) is 8.85. The fourth-order valence-corrected chi connectivity index (χ4v) is 1.18. The molecule has 0 spiro atoms. The first-order chi connectivity index (χ1) is 7.02. The van der Waals surface area contributed by atoms with Crippen LogP contribution in [0, 0.1) is 4.91 Å². The topological polar surface area (TPSA) is 68.6 Å². The van der Waals surface area contributed by atoms with Gasteiger partial charge in [-0.3, -0.25) is 4.79 Å². The van der Waals surface area contributed by atoms with Crippen molar-refractivity contribution in [3.8, 4) is 0 Å². The lowest BCUT2D eigenvalue weighted by Crippen LogP contribution is -2.30. The Hall–Kier alpha value is -1.78. The lowest BCUT2D eigenvalue weighted by atomic mass is 9.86. The van der Waals surface area contributed by atoms with Crippen LogP contribution in [-0.4, -0.2) is 18.1 Å². The molecule has 80 valence electrons. The van der Waals surface area contributed by atoms with E-state index in [0.717, 1.165) is 0 Å². The normalized spacial score (nSPS) is 10.9. The van der Waals surface area contributed by atoms with Crippen molar-refractivity contribution >= 4 is 11.8 Å². The monoisotopic (exact) mass is 208 g/mol. The number of hydrogen-bond donors (Lipinski definition) is 0. The molecule has 1 rings (SSSR count). The third-order valence-corrected chi connectivity index (χ3v) is 2.26. The number of aromatic nitrogens is 1. The molecule has 0 aliphatic carbocycles. The van der Waals surface area contributed by atoms with Crippen molar-refractivity contribution in [3.63, 3.8) is 0 Å². The highest BCUT2D eigenvalue weighted by Gasteiger charge is 2.31. The van der Waals surface area contributed by atoms with Gasteiger partial charge in [0.1, 0.15) is 0 Å². The van der Waals surface area contributed by atoms with Crippen LogP contribution < -0.4 is 0 Å². The summed E-state index contributed by atoms with van der Waals surface area (Å²) in [5.74, 6) is -0.254. The molecule has 15 heavy (non-hydrogen) atoms. The fourth-order valence-electron chi connectivity index (χ4n) is 1.18. The molecule has 0 N–H and O–H groups in total. The average Bonchev–Trinajstić information content (AvgIpc) is 2.28. The zero-order valence-electron chi connectivity index (χ0n) is 8.85. The van der Waals surface area contributed by atoms with Crippen LogP contribution in [0.5, 0.6) is 0 Å². The minimum atomic E-state index is -0.775. The molecule has 5 heteroatoms. The number of carbonyl (C=O) groups excluding carboxylic acids is 1. The summed E-state index contributed by atoms with van der Waals surface area (Å²) < 4.78 is 4.67. The second-order valence-corrected chi connectivity index (χ2v) is 3.61. The first-order valence-electron chi connectivity index (χ1n) is 4.40. The van der Waals surface area contributed by atoms with Gasteiger partial charge in [0.05, 0.1) is 12.5 Å². The number of ether oxygens (including phenoxy) is 1. The Bertz CT molecular complexity index is 371. The smallest absolute Gasteiger partial charge is 0.315 e. The number of methoxy groups -OCH3 is 1. The summed E-state index contributed by atoms with van der Waals surface area (Å²) in [6.07, 6.45) is 1.45. The van der Waals surface area contributed by atoms with Gasteiger partial charge in [-0.15, -0.1) is 4.91 Å². The molecular weight excluding hydrogens is 196 g/mol. The van der Waals surface area contributed by atoms with E-state index in [0.29, 0.717) is 5.56 Å². The van der Waals surface area contributed by atoms with E-state index in [1.807, 2.05) is 0 Å². The lowest BCUT2D eigenvalue weighted by molar-refractivity contribution is -0.146. The van der Waals surface area contributed by atoms with Crippen molar-refractivity contribution in [2.24, 2.45) is 5.18 Å². The van der Waals surface area contributed by atoms with Gasteiger partial charge in [-0.1, -0.05) is 6.07 Å². The first kappa shape index (κ1) is 11.3. The number of nitroso groups, excluding NO2 is 1. The summed E-state index contributed by atoms with van der Waals surface area (Å²) >= 11 is 0. The van der Waals surface area contributed by atoms with E-state index in [1.165, 1.54) is 19.4 Å². The number of carbonyl (C=O) groups is 1. The van der Waals surface area contributed by atoms with Gasteiger partial charge >= 0.3 is 5.97 Å². The molecule has 1 aromatic heterocycles. The first-order valence-corrected chi connectivity index (χ1v) is 4.40. The molecule has 0 unspecified atom stereocenters. The van der Waals surface area contributed by atoms with Gasteiger partial charge in [-0.05, 0) is 30.7 Å². The molecule has 1 aromatic rings. The van der Waals surface area contributed by atoms with E-state index in [4.69, 9.17) is 0 Å². The molecule has 0 aliphatic rings. The predicted molar refractivity (Wildman–Crippen MR) is 54.7 cm³/mol. The second-order valence-electron chi connectivity index (χ2n) is 3.61. The maximum atomic E-state index is 11.5. The quantitative estimate of drug-likeness (QED) is 0.562. The molecule has 0 atom stereocenters. The van der Waals surface area contributed by atoms with E-state index in [2.05, 4.69) is 14.9 Å². The van der Waals surface area contributed by atoms with Crippen molar-refractivity contribution in [3.05, 3.63) is 28.8 Å². The third kappa shape index (κ3) is 2.18. The Labute approximate surface area is 87.4 Å². The largest absolute Gasteiger partial charge is 0.468 e. The molecule has 0 saturated carbocycles. The molecular formula is C10H12N2O3. The van der Waals surface area contributed by atoms with E-state index in [-0.39, 0.29) is 11.8 Å². The SMILES string of the molecule is COC(=O)C(C)(C)c1ccc(N=O)nc1. The Kier molecular flexibility index (Phi) is 3.14. The maximum Gasteiger partial charge on any atom is 0.315 e. The maximum absolute atomic E-state index is 11.5. The Morgan fingerprint density at radius 2 is 2.13 bits per heavy atom. The van der Waals surface area contributed by atoms with Gasteiger partial charge in [0.2, 0.25) is 0 Å². The lowest BCUT2D eigenvalue weighted by Gasteiger charge is -2.21. The average molecular weight is 208 g/mol. The van der Waals surface area contributed by atoms with Gasteiger partial charge < -0.3 is 4.74 Å². The van der Waals surface area contributed by atoms with Crippen LogP contribution in [-0.2, 0) is 14.9 Å². The van der Waals surface area contributed by atoms with Crippen LogP contribution >= 0.6 is 0 Å². The van der Waals surface area contributed by atoms with E-state index in [9.17, 15) is 9.70 Å². The van der Waals surface area contributed by atoms with Gasteiger partial charge in [0, 0.05) is 6.20 Å². The van der Waals surface area contributed by atoms with Crippen molar-refractivity contribution < 1.29 is 9.53 Å². The van der Waals surface area contributed by atoms with Crippen LogP contribution in [0.3, 0.4) is 0 Å². The van der Waals surface area contributed by atoms with E-state index >= 15 is 0 Å². The van der Waals surface area contributed by atoms with Crippen LogP contribution in [0.25, 0.3) is 0 Å². The Morgan fingerprint density at radius 1 is 1.47 bits per heavy atom. The Balaban J connectivity index is 3.05. The molecule has 0 aromatic carbocycles. The fraction of sp³-hybridized carbons (Fsp3) is 0.400. The van der Waals surface area contributed by atoms with Gasteiger partial charge in [-0.2, -0.15) is 0 Å². The van der Waals surface area contributed by atoms with Crippen molar-refractivity contribution in [1.29, 1.82) is 0 Å². The van der Waals surface area contributed by atoms with Gasteiger partial charge in [0.15, 0.2) is 5.82 Å². The number of hydrogen-bond acceptors (Lipinski definition) is 5. The van der Waals surface area contributed by atoms with Crippen LogP contribution in [0.1, 0.15) is 19.4 Å². The highest BCUT2D eigenvalue weighted by atomic mass is 16.5. The van der Waals surface area contributed by atoms with E-state index in [1.54, 1.807) is 19.9 Å². The summed E-state index contributed by atoms with van der Waals surface area (Å²) in [4.78, 5) is 25.4. The molecule has 0 aliphatic heterocycles.